The van der Waals surface area contributed by atoms with Crippen LogP contribution in [-0.4, -0.2) is 6.61 Å². The van der Waals surface area contributed by atoms with Crippen LogP contribution in [0.1, 0.15) is 22.7 Å². The van der Waals surface area contributed by atoms with Gasteiger partial charge in [0.2, 0.25) is 0 Å². The lowest BCUT2D eigenvalue weighted by Crippen LogP contribution is -2.19. The van der Waals surface area contributed by atoms with Crippen molar-refractivity contribution in [3.8, 4) is 5.75 Å². The Balaban J connectivity index is 1.69. The molecule has 1 aliphatic heterocycles. The fraction of sp³-hybridized carbons (Fsp3) is 0.250. The van der Waals surface area contributed by atoms with E-state index in [1.807, 2.05) is 24.3 Å². The van der Waals surface area contributed by atoms with E-state index >= 15 is 0 Å². The second-order valence-electron chi connectivity index (χ2n) is 4.97. The molecule has 0 saturated heterocycles. The molecule has 110 valence electrons. The minimum Gasteiger partial charge on any atom is -0.492 e. The number of alkyl halides is 3. The summed E-state index contributed by atoms with van der Waals surface area (Å²) in [7, 11) is 0. The average molecular weight is 293 g/mol. The summed E-state index contributed by atoms with van der Waals surface area (Å²) in [6.07, 6.45) is -4.35. The molecule has 0 amide bonds. The Kier molecular flexibility index (Phi) is 3.59. The summed E-state index contributed by atoms with van der Waals surface area (Å²) in [5.41, 5.74) is 1.65. The summed E-state index contributed by atoms with van der Waals surface area (Å²) in [4.78, 5) is 0. The van der Waals surface area contributed by atoms with Gasteiger partial charge in [0.25, 0.3) is 0 Å². The molecule has 21 heavy (non-hydrogen) atoms. The van der Waals surface area contributed by atoms with Crippen molar-refractivity contribution in [3.63, 3.8) is 0 Å². The molecule has 0 radical (unpaired) electrons. The average Bonchev–Trinajstić information content (AvgIpc) is 2.88. The third-order valence-electron chi connectivity index (χ3n) is 3.55. The standard InChI is InChI=1S/C16H14F3NO/c17-16(18,19)12-5-3-6-13(8-12)21-10-15-14-7-2-1-4-11(14)9-20-15/h1-8,15,20H,9-10H2. The monoisotopic (exact) mass is 293 g/mol. The van der Waals surface area contributed by atoms with Crippen molar-refractivity contribution >= 4 is 0 Å². The number of nitrogens with one attached hydrogen (secondary N) is 1. The molecule has 1 unspecified atom stereocenters. The second-order valence-corrected chi connectivity index (χ2v) is 4.97. The Morgan fingerprint density at radius 1 is 1.10 bits per heavy atom. The molecule has 2 aromatic rings. The van der Waals surface area contributed by atoms with Gasteiger partial charge in [-0.2, -0.15) is 13.2 Å². The van der Waals surface area contributed by atoms with Gasteiger partial charge in [0.05, 0.1) is 11.6 Å². The highest BCUT2D eigenvalue weighted by atomic mass is 19.4. The maximum Gasteiger partial charge on any atom is 0.416 e. The molecule has 0 aliphatic carbocycles. The number of hydrogen-bond acceptors (Lipinski definition) is 2. The van der Waals surface area contributed by atoms with E-state index < -0.39 is 11.7 Å². The summed E-state index contributed by atoms with van der Waals surface area (Å²) in [6.45, 7) is 1.06. The summed E-state index contributed by atoms with van der Waals surface area (Å²) >= 11 is 0. The second kappa shape index (κ2) is 5.41. The Bertz CT molecular complexity index is 639. The van der Waals surface area contributed by atoms with Crippen LogP contribution in [0.4, 0.5) is 13.2 Å². The minimum atomic E-state index is -4.35. The maximum atomic E-state index is 12.6. The van der Waals surface area contributed by atoms with Crippen molar-refractivity contribution in [3.05, 3.63) is 65.2 Å². The molecule has 2 aromatic carbocycles. The minimum absolute atomic E-state index is 0.00995. The van der Waals surface area contributed by atoms with E-state index in [9.17, 15) is 13.2 Å². The first-order chi connectivity index (χ1) is 10.0. The largest absolute Gasteiger partial charge is 0.492 e. The van der Waals surface area contributed by atoms with Crippen LogP contribution in [-0.2, 0) is 12.7 Å². The van der Waals surface area contributed by atoms with Gasteiger partial charge in [-0.3, -0.25) is 0 Å². The van der Waals surface area contributed by atoms with Crippen molar-refractivity contribution in [1.29, 1.82) is 0 Å². The lowest BCUT2D eigenvalue weighted by Gasteiger charge is -2.15. The number of fused-ring (bicyclic) bond motifs is 1. The van der Waals surface area contributed by atoms with Crippen molar-refractivity contribution in [1.82, 2.24) is 5.32 Å². The topological polar surface area (TPSA) is 21.3 Å². The predicted molar refractivity (Wildman–Crippen MR) is 73.0 cm³/mol. The van der Waals surface area contributed by atoms with E-state index in [0.717, 1.165) is 24.2 Å². The lowest BCUT2D eigenvalue weighted by molar-refractivity contribution is -0.137. The molecular formula is C16H14F3NO. The highest BCUT2D eigenvalue weighted by Gasteiger charge is 2.30. The normalized spacial score (nSPS) is 17.6. The first-order valence-electron chi connectivity index (χ1n) is 6.65. The summed E-state index contributed by atoms with van der Waals surface area (Å²) in [6, 6.07) is 12.9. The molecule has 1 atom stereocenters. The molecule has 0 aromatic heterocycles. The van der Waals surface area contributed by atoms with Crippen LogP contribution in [0.15, 0.2) is 48.5 Å². The third kappa shape index (κ3) is 3.03. The number of hydrogen-bond donors (Lipinski definition) is 1. The van der Waals surface area contributed by atoms with Gasteiger partial charge in [0.15, 0.2) is 0 Å². The van der Waals surface area contributed by atoms with E-state index in [1.54, 1.807) is 0 Å². The zero-order valence-corrected chi connectivity index (χ0v) is 11.2. The van der Waals surface area contributed by atoms with Gasteiger partial charge in [-0.25, -0.2) is 0 Å². The van der Waals surface area contributed by atoms with Crippen LogP contribution in [0.2, 0.25) is 0 Å². The predicted octanol–water partition coefficient (Wildman–Crippen LogP) is 3.93. The number of benzene rings is 2. The molecule has 0 saturated carbocycles. The zero-order valence-electron chi connectivity index (χ0n) is 11.2. The number of halogens is 3. The van der Waals surface area contributed by atoms with Gasteiger partial charge in [-0.15, -0.1) is 0 Å². The molecule has 0 bridgehead atoms. The van der Waals surface area contributed by atoms with Gasteiger partial charge in [-0.1, -0.05) is 30.3 Å². The fourth-order valence-corrected chi connectivity index (χ4v) is 2.47. The molecule has 5 heteroatoms. The van der Waals surface area contributed by atoms with Crippen molar-refractivity contribution in [2.24, 2.45) is 0 Å². The number of ether oxygens (including phenoxy) is 1. The van der Waals surface area contributed by atoms with Gasteiger partial charge in [-0.05, 0) is 29.3 Å². The molecule has 3 rings (SSSR count). The third-order valence-corrected chi connectivity index (χ3v) is 3.55. The van der Waals surface area contributed by atoms with Crippen LogP contribution < -0.4 is 10.1 Å². The van der Waals surface area contributed by atoms with Crippen molar-refractivity contribution in [2.75, 3.05) is 6.61 Å². The smallest absolute Gasteiger partial charge is 0.416 e. The van der Waals surface area contributed by atoms with E-state index in [-0.39, 0.29) is 11.8 Å². The van der Waals surface area contributed by atoms with Crippen LogP contribution in [0.3, 0.4) is 0 Å². The molecule has 0 fully saturated rings. The van der Waals surface area contributed by atoms with E-state index in [1.165, 1.54) is 17.7 Å². The zero-order chi connectivity index (χ0) is 14.9. The lowest BCUT2D eigenvalue weighted by atomic mass is 10.1. The highest BCUT2D eigenvalue weighted by molar-refractivity contribution is 5.34. The summed E-state index contributed by atoms with van der Waals surface area (Å²) in [5.74, 6) is 0.232. The highest BCUT2D eigenvalue weighted by Crippen LogP contribution is 2.32. The molecule has 1 N–H and O–H groups in total. The molecule has 0 spiro atoms. The van der Waals surface area contributed by atoms with E-state index in [2.05, 4.69) is 5.32 Å². The Hall–Kier alpha value is -2.01. The SMILES string of the molecule is FC(F)(F)c1cccc(OCC2NCc3ccccc32)c1. The first-order valence-corrected chi connectivity index (χ1v) is 6.65. The number of rotatable bonds is 3. The van der Waals surface area contributed by atoms with Gasteiger partial charge < -0.3 is 10.1 Å². The molecule has 1 heterocycles. The summed E-state index contributed by atoms with van der Waals surface area (Å²) < 4.78 is 43.4. The van der Waals surface area contributed by atoms with Gasteiger partial charge in [0.1, 0.15) is 12.4 Å². The van der Waals surface area contributed by atoms with Crippen molar-refractivity contribution < 1.29 is 17.9 Å². The molecule has 2 nitrogen and oxygen atoms in total. The Labute approximate surface area is 120 Å². The van der Waals surface area contributed by atoms with Crippen LogP contribution in [0, 0.1) is 0 Å². The molecule has 1 aliphatic rings. The molecular weight excluding hydrogens is 279 g/mol. The Morgan fingerprint density at radius 3 is 2.71 bits per heavy atom. The first kappa shape index (κ1) is 13.9. The van der Waals surface area contributed by atoms with Crippen LogP contribution in [0.5, 0.6) is 5.75 Å². The van der Waals surface area contributed by atoms with Crippen LogP contribution >= 0.6 is 0 Å². The van der Waals surface area contributed by atoms with E-state index in [4.69, 9.17) is 4.74 Å². The quantitative estimate of drug-likeness (QED) is 0.926. The van der Waals surface area contributed by atoms with E-state index in [0.29, 0.717) is 6.61 Å². The van der Waals surface area contributed by atoms with Crippen molar-refractivity contribution in [2.45, 2.75) is 18.8 Å². The maximum absolute atomic E-state index is 12.6. The van der Waals surface area contributed by atoms with Crippen LogP contribution in [0.25, 0.3) is 0 Å². The fourth-order valence-electron chi connectivity index (χ4n) is 2.47. The Morgan fingerprint density at radius 2 is 1.90 bits per heavy atom. The van der Waals surface area contributed by atoms with Gasteiger partial charge >= 0.3 is 6.18 Å². The van der Waals surface area contributed by atoms with Gasteiger partial charge in [0, 0.05) is 6.54 Å². The summed E-state index contributed by atoms with van der Waals surface area (Å²) in [5, 5.41) is 3.29.